The van der Waals surface area contributed by atoms with Crippen LogP contribution in [0.1, 0.15) is 71.3 Å². The lowest BCUT2D eigenvalue weighted by molar-refractivity contribution is 0.478. The summed E-state index contributed by atoms with van der Waals surface area (Å²) >= 11 is 0. The van der Waals surface area contributed by atoms with Crippen LogP contribution in [-0.2, 0) is 25.9 Å². The first kappa shape index (κ1) is 18.2. The van der Waals surface area contributed by atoms with Crippen molar-refractivity contribution in [3.8, 4) is 0 Å². The molecule has 3 heteroatoms. The molecule has 0 aliphatic heterocycles. The SMILES string of the molecule is CCc1nn(CCCC(C)C)c(CC)c1CNCC(C)C. The minimum absolute atomic E-state index is 0.696. The van der Waals surface area contributed by atoms with Crippen molar-refractivity contribution >= 4 is 0 Å². The van der Waals surface area contributed by atoms with Gasteiger partial charge in [0.25, 0.3) is 0 Å². The van der Waals surface area contributed by atoms with Crippen LogP contribution in [0.25, 0.3) is 0 Å². The number of hydrogen-bond donors (Lipinski definition) is 1. The molecule has 0 amide bonds. The van der Waals surface area contributed by atoms with Crippen LogP contribution in [0, 0.1) is 11.8 Å². The van der Waals surface area contributed by atoms with Crippen LogP contribution < -0.4 is 5.32 Å². The second kappa shape index (κ2) is 9.24. The smallest absolute Gasteiger partial charge is 0.0669 e. The molecular weight excluding hydrogens is 258 g/mol. The van der Waals surface area contributed by atoms with Gasteiger partial charge in [-0.2, -0.15) is 5.10 Å². The van der Waals surface area contributed by atoms with Crippen LogP contribution in [0.3, 0.4) is 0 Å². The normalized spacial score (nSPS) is 11.8. The van der Waals surface area contributed by atoms with Crippen LogP contribution in [0.2, 0.25) is 0 Å². The lowest BCUT2D eigenvalue weighted by Gasteiger charge is -2.11. The van der Waals surface area contributed by atoms with E-state index in [2.05, 4.69) is 51.5 Å². The third-order valence-corrected chi connectivity index (χ3v) is 3.93. The van der Waals surface area contributed by atoms with Gasteiger partial charge < -0.3 is 5.32 Å². The lowest BCUT2D eigenvalue weighted by atomic mass is 10.1. The Morgan fingerprint density at radius 3 is 2.29 bits per heavy atom. The van der Waals surface area contributed by atoms with Gasteiger partial charge in [-0.1, -0.05) is 41.5 Å². The molecule has 122 valence electrons. The van der Waals surface area contributed by atoms with Gasteiger partial charge >= 0.3 is 0 Å². The molecule has 0 saturated carbocycles. The molecule has 0 aliphatic carbocycles. The zero-order chi connectivity index (χ0) is 15.8. The monoisotopic (exact) mass is 293 g/mol. The summed E-state index contributed by atoms with van der Waals surface area (Å²) in [5.74, 6) is 1.48. The molecule has 21 heavy (non-hydrogen) atoms. The summed E-state index contributed by atoms with van der Waals surface area (Å²) in [5, 5.41) is 8.46. The fraction of sp³-hybridized carbons (Fsp3) is 0.833. The Labute approximate surface area is 131 Å². The molecule has 0 fully saturated rings. The predicted molar refractivity (Wildman–Crippen MR) is 91.6 cm³/mol. The van der Waals surface area contributed by atoms with E-state index in [1.165, 1.54) is 29.8 Å². The summed E-state index contributed by atoms with van der Waals surface area (Å²) in [6, 6.07) is 0. The van der Waals surface area contributed by atoms with Crippen molar-refractivity contribution in [3.63, 3.8) is 0 Å². The molecular formula is C18H35N3. The number of nitrogens with zero attached hydrogens (tertiary/aromatic N) is 2. The minimum atomic E-state index is 0.696. The van der Waals surface area contributed by atoms with Gasteiger partial charge in [0, 0.05) is 24.3 Å². The molecule has 0 bridgehead atoms. The topological polar surface area (TPSA) is 29.9 Å². The number of rotatable bonds is 10. The maximum Gasteiger partial charge on any atom is 0.0669 e. The molecule has 0 spiro atoms. The summed E-state index contributed by atoms with van der Waals surface area (Å²) < 4.78 is 2.27. The summed E-state index contributed by atoms with van der Waals surface area (Å²) in [5.41, 5.74) is 4.17. The Kier molecular flexibility index (Phi) is 8.02. The Bertz CT molecular complexity index is 405. The molecule has 0 radical (unpaired) electrons. The summed E-state index contributed by atoms with van der Waals surface area (Å²) in [7, 11) is 0. The van der Waals surface area contributed by atoms with Crippen LogP contribution >= 0.6 is 0 Å². The summed E-state index contributed by atoms with van der Waals surface area (Å²) in [6.07, 6.45) is 4.62. The van der Waals surface area contributed by atoms with Gasteiger partial charge in [-0.15, -0.1) is 0 Å². The molecule has 0 saturated heterocycles. The van der Waals surface area contributed by atoms with Gasteiger partial charge in [0.15, 0.2) is 0 Å². The van der Waals surface area contributed by atoms with Crippen LogP contribution in [0.15, 0.2) is 0 Å². The van der Waals surface area contributed by atoms with Crippen molar-refractivity contribution in [1.29, 1.82) is 0 Å². The molecule has 0 aliphatic rings. The van der Waals surface area contributed by atoms with E-state index in [0.717, 1.165) is 38.4 Å². The Hall–Kier alpha value is -0.830. The zero-order valence-corrected chi connectivity index (χ0v) is 15.0. The van der Waals surface area contributed by atoms with Crippen molar-refractivity contribution in [2.75, 3.05) is 6.54 Å². The van der Waals surface area contributed by atoms with E-state index in [0.29, 0.717) is 5.92 Å². The van der Waals surface area contributed by atoms with E-state index in [-0.39, 0.29) is 0 Å². The Morgan fingerprint density at radius 2 is 1.76 bits per heavy atom. The zero-order valence-electron chi connectivity index (χ0n) is 15.0. The Balaban J connectivity index is 2.77. The third kappa shape index (κ3) is 5.82. The van der Waals surface area contributed by atoms with Gasteiger partial charge in [-0.3, -0.25) is 4.68 Å². The summed E-state index contributed by atoms with van der Waals surface area (Å²) in [4.78, 5) is 0. The lowest BCUT2D eigenvalue weighted by Crippen LogP contribution is -2.20. The maximum absolute atomic E-state index is 4.87. The standard InChI is InChI=1S/C18H35N3/c1-7-17-16(13-19-12-15(5)6)18(8-2)21(20-17)11-9-10-14(3)4/h14-15,19H,7-13H2,1-6H3. The van der Waals surface area contributed by atoms with Crippen LogP contribution in [0.4, 0.5) is 0 Å². The summed E-state index contributed by atoms with van der Waals surface area (Å²) in [6.45, 7) is 16.7. The van der Waals surface area contributed by atoms with Crippen molar-refractivity contribution in [2.45, 2.75) is 80.3 Å². The van der Waals surface area contributed by atoms with E-state index in [1.807, 2.05) is 0 Å². The highest BCUT2D eigenvalue weighted by Crippen LogP contribution is 2.18. The quantitative estimate of drug-likeness (QED) is 0.701. The molecule has 3 nitrogen and oxygen atoms in total. The van der Waals surface area contributed by atoms with Gasteiger partial charge in [0.2, 0.25) is 0 Å². The van der Waals surface area contributed by atoms with Crippen LogP contribution in [0.5, 0.6) is 0 Å². The molecule has 0 atom stereocenters. The molecule has 1 N–H and O–H groups in total. The van der Waals surface area contributed by atoms with E-state index < -0.39 is 0 Å². The maximum atomic E-state index is 4.87. The number of hydrogen-bond acceptors (Lipinski definition) is 2. The highest BCUT2D eigenvalue weighted by atomic mass is 15.3. The fourth-order valence-corrected chi connectivity index (χ4v) is 2.79. The second-order valence-electron chi connectivity index (χ2n) is 6.86. The second-order valence-corrected chi connectivity index (χ2v) is 6.86. The highest BCUT2D eigenvalue weighted by Gasteiger charge is 2.15. The van der Waals surface area contributed by atoms with E-state index >= 15 is 0 Å². The average Bonchev–Trinajstić information content (AvgIpc) is 2.75. The first-order valence-corrected chi connectivity index (χ1v) is 8.77. The van der Waals surface area contributed by atoms with Gasteiger partial charge in [0.05, 0.1) is 5.69 Å². The van der Waals surface area contributed by atoms with E-state index in [4.69, 9.17) is 5.10 Å². The molecule has 1 rings (SSSR count). The molecule has 0 unspecified atom stereocenters. The third-order valence-electron chi connectivity index (χ3n) is 3.93. The average molecular weight is 293 g/mol. The highest BCUT2D eigenvalue weighted by molar-refractivity contribution is 5.26. The molecule has 0 aromatic carbocycles. The minimum Gasteiger partial charge on any atom is -0.312 e. The number of aromatic nitrogens is 2. The van der Waals surface area contributed by atoms with Gasteiger partial charge in [0.1, 0.15) is 0 Å². The molecule has 1 heterocycles. The van der Waals surface area contributed by atoms with Crippen molar-refractivity contribution in [2.24, 2.45) is 11.8 Å². The van der Waals surface area contributed by atoms with Crippen molar-refractivity contribution < 1.29 is 0 Å². The Morgan fingerprint density at radius 1 is 1.05 bits per heavy atom. The van der Waals surface area contributed by atoms with E-state index in [9.17, 15) is 0 Å². The van der Waals surface area contributed by atoms with Crippen LogP contribution in [-0.4, -0.2) is 16.3 Å². The van der Waals surface area contributed by atoms with Gasteiger partial charge in [-0.05, 0) is 44.1 Å². The fourth-order valence-electron chi connectivity index (χ4n) is 2.79. The van der Waals surface area contributed by atoms with Crippen molar-refractivity contribution in [3.05, 3.63) is 17.0 Å². The first-order chi connectivity index (χ1) is 9.99. The predicted octanol–water partition coefficient (Wildman–Crippen LogP) is 4.19. The molecule has 1 aromatic heterocycles. The largest absolute Gasteiger partial charge is 0.312 e. The van der Waals surface area contributed by atoms with E-state index in [1.54, 1.807) is 0 Å². The number of nitrogens with one attached hydrogen (secondary N) is 1. The molecule has 1 aromatic rings. The van der Waals surface area contributed by atoms with Crippen molar-refractivity contribution in [1.82, 2.24) is 15.1 Å². The first-order valence-electron chi connectivity index (χ1n) is 8.77. The van der Waals surface area contributed by atoms with Gasteiger partial charge in [-0.25, -0.2) is 0 Å². The number of aryl methyl sites for hydroxylation is 2.